The van der Waals surface area contributed by atoms with Gasteiger partial charge in [-0.15, -0.1) is 0 Å². The lowest BCUT2D eigenvalue weighted by molar-refractivity contribution is 0.317. The molecule has 2 aromatic rings. The van der Waals surface area contributed by atoms with Crippen LogP contribution in [0, 0.1) is 0 Å². The zero-order chi connectivity index (χ0) is 15.2. The highest BCUT2D eigenvalue weighted by Gasteiger charge is 2.11. The number of ether oxygens (including phenoxy) is 2. The van der Waals surface area contributed by atoms with Crippen molar-refractivity contribution in [2.24, 2.45) is 5.73 Å². The van der Waals surface area contributed by atoms with E-state index in [-0.39, 0.29) is 11.4 Å². The summed E-state index contributed by atoms with van der Waals surface area (Å²) in [5.74, 6) is 1.03. The fourth-order valence-electron chi connectivity index (χ4n) is 1.88. The van der Waals surface area contributed by atoms with E-state index in [2.05, 4.69) is 4.98 Å². The summed E-state index contributed by atoms with van der Waals surface area (Å²) in [6.07, 6.45) is 3.16. The molecule has 0 atom stereocenters. The van der Waals surface area contributed by atoms with Gasteiger partial charge in [0, 0.05) is 25.5 Å². The molecular weight excluding hydrogens is 270 g/mol. The molecule has 2 rings (SSSR count). The van der Waals surface area contributed by atoms with Crippen LogP contribution in [-0.4, -0.2) is 16.2 Å². The third-order valence-corrected chi connectivity index (χ3v) is 2.97. The molecule has 0 spiro atoms. The molecule has 0 fully saturated rings. The second kappa shape index (κ2) is 6.90. The Kier molecular flexibility index (Phi) is 4.94. The van der Waals surface area contributed by atoms with Crippen LogP contribution >= 0.6 is 0 Å². The lowest BCUT2D eigenvalue weighted by Crippen LogP contribution is -2.20. The summed E-state index contributed by atoms with van der Waals surface area (Å²) >= 11 is 0. The summed E-state index contributed by atoms with van der Waals surface area (Å²) in [6.45, 7) is 5.22. The smallest absolute Gasteiger partial charge is 0.313 e. The summed E-state index contributed by atoms with van der Waals surface area (Å²) < 4.78 is 12.7. The first-order valence-corrected chi connectivity index (χ1v) is 6.88. The van der Waals surface area contributed by atoms with Crippen molar-refractivity contribution in [3.63, 3.8) is 0 Å². The Balaban J connectivity index is 2.37. The van der Waals surface area contributed by atoms with E-state index in [4.69, 9.17) is 15.2 Å². The monoisotopic (exact) mass is 289 g/mol. The van der Waals surface area contributed by atoms with Gasteiger partial charge >= 0.3 is 5.56 Å². The maximum absolute atomic E-state index is 12.1. The van der Waals surface area contributed by atoms with Crippen LogP contribution in [0.5, 0.6) is 17.4 Å². The molecule has 2 N–H and O–H groups in total. The molecule has 0 amide bonds. The summed E-state index contributed by atoms with van der Waals surface area (Å²) in [4.78, 5) is 16.1. The largest absolute Gasteiger partial charge is 0.490 e. The molecule has 6 nitrogen and oxygen atoms in total. The normalized spacial score (nSPS) is 10.4. The van der Waals surface area contributed by atoms with Crippen LogP contribution in [0.1, 0.15) is 19.4 Å². The summed E-state index contributed by atoms with van der Waals surface area (Å²) in [7, 11) is 0. The van der Waals surface area contributed by atoms with Gasteiger partial charge in [-0.2, -0.15) is 0 Å². The van der Waals surface area contributed by atoms with Crippen LogP contribution in [0.15, 0.2) is 35.4 Å². The zero-order valence-corrected chi connectivity index (χ0v) is 12.2. The highest BCUT2D eigenvalue weighted by molar-refractivity contribution is 5.44. The van der Waals surface area contributed by atoms with Crippen LogP contribution in [0.25, 0.3) is 0 Å². The Morgan fingerprint density at radius 2 is 2.10 bits per heavy atom. The Morgan fingerprint density at radius 3 is 2.76 bits per heavy atom. The van der Waals surface area contributed by atoms with E-state index >= 15 is 0 Å². The standard InChI is InChI=1S/C15H19N3O3/c1-3-18-8-7-17-14(15(18)19)21-12-6-5-11(10-16)9-13(12)20-4-2/h5-9H,3-4,10,16H2,1-2H3. The predicted molar refractivity (Wildman–Crippen MR) is 79.7 cm³/mol. The Morgan fingerprint density at radius 1 is 1.29 bits per heavy atom. The second-order valence-electron chi connectivity index (χ2n) is 4.34. The molecule has 1 aromatic heterocycles. The van der Waals surface area contributed by atoms with Gasteiger partial charge in [-0.1, -0.05) is 6.07 Å². The molecule has 112 valence electrons. The first-order valence-electron chi connectivity index (χ1n) is 6.88. The van der Waals surface area contributed by atoms with E-state index in [1.807, 2.05) is 19.9 Å². The summed E-state index contributed by atoms with van der Waals surface area (Å²) in [5, 5.41) is 0. The lowest BCUT2D eigenvalue weighted by atomic mass is 10.2. The molecule has 1 aromatic carbocycles. The predicted octanol–water partition coefficient (Wildman–Crippen LogP) is 1.91. The maximum Gasteiger partial charge on any atom is 0.313 e. The van der Waals surface area contributed by atoms with Crippen LogP contribution in [0.2, 0.25) is 0 Å². The van der Waals surface area contributed by atoms with Crippen LogP contribution in [0.4, 0.5) is 0 Å². The van der Waals surface area contributed by atoms with Crippen molar-refractivity contribution in [2.45, 2.75) is 26.9 Å². The van der Waals surface area contributed by atoms with Gasteiger partial charge in [0.25, 0.3) is 5.88 Å². The SMILES string of the molecule is CCOc1cc(CN)ccc1Oc1nccn(CC)c1=O. The molecule has 1 heterocycles. The molecular formula is C15H19N3O3. The van der Waals surface area contributed by atoms with Gasteiger partial charge in [-0.25, -0.2) is 4.98 Å². The minimum atomic E-state index is -0.273. The van der Waals surface area contributed by atoms with Crippen molar-refractivity contribution in [3.8, 4) is 17.4 Å². The molecule has 0 unspecified atom stereocenters. The van der Waals surface area contributed by atoms with Crippen molar-refractivity contribution < 1.29 is 9.47 Å². The fraction of sp³-hybridized carbons (Fsp3) is 0.333. The first kappa shape index (κ1) is 15.1. The van der Waals surface area contributed by atoms with Gasteiger partial charge in [-0.05, 0) is 31.5 Å². The Bertz CT molecular complexity index is 667. The average molecular weight is 289 g/mol. The van der Waals surface area contributed by atoms with Gasteiger partial charge in [0.2, 0.25) is 0 Å². The third kappa shape index (κ3) is 3.41. The van der Waals surface area contributed by atoms with Gasteiger partial charge in [0.15, 0.2) is 11.5 Å². The van der Waals surface area contributed by atoms with Crippen LogP contribution in [0.3, 0.4) is 0 Å². The highest BCUT2D eigenvalue weighted by Crippen LogP contribution is 2.30. The van der Waals surface area contributed by atoms with Gasteiger partial charge in [0.05, 0.1) is 6.61 Å². The quantitative estimate of drug-likeness (QED) is 0.878. The number of rotatable bonds is 6. The van der Waals surface area contributed by atoms with Crippen molar-refractivity contribution >= 4 is 0 Å². The van der Waals surface area contributed by atoms with E-state index < -0.39 is 0 Å². The Hall–Kier alpha value is -2.34. The van der Waals surface area contributed by atoms with E-state index in [0.29, 0.717) is 31.2 Å². The molecule has 0 aliphatic carbocycles. The maximum atomic E-state index is 12.1. The van der Waals surface area contributed by atoms with E-state index in [1.54, 1.807) is 18.3 Å². The molecule has 0 aliphatic heterocycles. The van der Waals surface area contributed by atoms with Crippen molar-refractivity contribution in [1.82, 2.24) is 9.55 Å². The van der Waals surface area contributed by atoms with Crippen molar-refractivity contribution in [3.05, 3.63) is 46.5 Å². The fourth-order valence-corrected chi connectivity index (χ4v) is 1.88. The molecule has 0 bridgehead atoms. The lowest BCUT2D eigenvalue weighted by Gasteiger charge is -2.12. The van der Waals surface area contributed by atoms with E-state index in [9.17, 15) is 4.79 Å². The zero-order valence-electron chi connectivity index (χ0n) is 12.2. The van der Waals surface area contributed by atoms with E-state index in [0.717, 1.165) is 5.56 Å². The summed E-state index contributed by atoms with van der Waals surface area (Å²) in [6, 6.07) is 5.37. The van der Waals surface area contributed by atoms with Crippen molar-refractivity contribution in [1.29, 1.82) is 0 Å². The Labute approximate surface area is 123 Å². The van der Waals surface area contributed by atoms with Gasteiger partial charge in [0.1, 0.15) is 0 Å². The van der Waals surface area contributed by atoms with Gasteiger partial charge < -0.3 is 19.8 Å². The minimum absolute atomic E-state index is 0.0285. The molecule has 0 saturated heterocycles. The summed E-state index contributed by atoms with van der Waals surface area (Å²) in [5.41, 5.74) is 6.27. The number of hydrogen-bond acceptors (Lipinski definition) is 5. The first-order chi connectivity index (χ1) is 10.2. The molecule has 21 heavy (non-hydrogen) atoms. The van der Waals surface area contributed by atoms with Gasteiger partial charge in [-0.3, -0.25) is 4.79 Å². The van der Waals surface area contributed by atoms with Crippen molar-refractivity contribution in [2.75, 3.05) is 6.61 Å². The highest BCUT2D eigenvalue weighted by atomic mass is 16.5. The molecule has 6 heteroatoms. The molecule has 0 saturated carbocycles. The van der Waals surface area contributed by atoms with E-state index in [1.165, 1.54) is 10.8 Å². The number of aromatic nitrogens is 2. The number of aryl methyl sites for hydroxylation is 1. The molecule has 0 aliphatic rings. The third-order valence-electron chi connectivity index (χ3n) is 2.97. The number of hydrogen-bond donors (Lipinski definition) is 1. The second-order valence-corrected chi connectivity index (χ2v) is 4.34. The van der Waals surface area contributed by atoms with Crippen LogP contribution in [-0.2, 0) is 13.1 Å². The minimum Gasteiger partial charge on any atom is -0.490 e. The number of benzene rings is 1. The molecule has 0 radical (unpaired) electrons. The number of nitrogens with two attached hydrogens (primary N) is 1. The topological polar surface area (TPSA) is 79.4 Å². The number of nitrogens with zero attached hydrogens (tertiary/aromatic N) is 2. The average Bonchev–Trinajstić information content (AvgIpc) is 2.51. The van der Waals surface area contributed by atoms with Crippen LogP contribution < -0.4 is 20.8 Å².